The monoisotopic (exact) mass is 362 g/mol. The van der Waals surface area contributed by atoms with Crippen molar-refractivity contribution in [2.45, 2.75) is 46.5 Å². The summed E-state index contributed by atoms with van der Waals surface area (Å²) in [6.07, 6.45) is 1.08. The van der Waals surface area contributed by atoms with E-state index in [4.69, 9.17) is 9.15 Å². The minimum absolute atomic E-state index is 0.138. The lowest BCUT2D eigenvalue weighted by molar-refractivity contribution is -0.135. The molecule has 2 aromatic carbocycles. The van der Waals surface area contributed by atoms with Crippen molar-refractivity contribution in [1.29, 1.82) is 0 Å². The second-order valence-corrected chi connectivity index (χ2v) is 7.30. The summed E-state index contributed by atoms with van der Waals surface area (Å²) in [5.74, 6) is -0.312. The predicted molar refractivity (Wildman–Crippen MR) is 105 cm³/mol. The van der Waals surface area contributed by atoms with Gasteiger partial charge < -0.3 is 9.15 Å². The summed E-state index contributed by atoms with van der Waals surface area (Å²) >= 11 is 0. The third-order valence-electron chi connectivity index (χ3n) is 5.60. The molecule has 0 radical (unpaired) electrons. The van der Waals surface area contributed by atoms with Crippen LogP contribution in [0.4, 0.5) is 0 Å². The Bertz CT molecular complexity index is 1120. The van der Waals surface area contributed by atoms with Gasteiger partial charge in [0.1, 0.15) is 5.58 Å². The van der Waals surface area contributed by atoms with Crippen molar-refractivity contribution in [1.82, 2.24) is 0 Å². The van der Waals surface area contributed by atoms with Gasteiger partial charge in [-0.3, -0.25) is 4.79 Å². The topological polar surface area (TPSA) is 56.5 Å². The fourth-order valence-electron chi connectivity index (χ4n) is 3.94. The molecule has 0 spiro atoms. The van der Waals surface area contributed by atoms with Gasteiger partial charge in [0.25, 0.3) is 0 Å². The third kappa shape index (κ3) is 2.76. The predicted octanol–water partition coefficient (Wildman–Crippen LogP) is 4.72. The van der Waals surface area contributed by atoms with Gasteiger partial charge in [0.05, 0.1) is 17.4 Å². The first kappa shape index (κ1) is 17.5. The van der Waals surface area contributed by atoms with Gasteiger partial charge >= 0.3 is 11.6 Å². The van der Waals surface area contributed by atoms with Gasteiger partial charge in [-0.15, -0.1) is 0 Å². The van der Waals surface area contributed by atoms with Crippen LogP contribution in [0.15, 0.2) is 39.5 Å². The first-order chi connectivity index (χ1) is 12.9. The molecule has 27 heavy (non-hydrogen) atoms. The molecule has 138 valence electrons. The normalized spacial score (nSPS) is 16.3. The van der Waals surface area contributed by atoms with Gasteiger partial charge in [0.15, 0.2) is 5.75 Å². The summed E-state index contributed by atoms with van der Waals surface area (Å²) in [7, 11) is 0. The Labute approximate surface area is 157 Å². The van der Waals surface area contributed by atoms with Crippen LogP contribution in [0, 0.1) is 20.8 Å². The Morgan fingerprint density at radius 2 is 1.74 bits per heavy atom. The second-order valence-electron chi connectivity index (χ2n) is 7.30. The third-order valence-corrected chi connectivity index (χ3v) is 5.60. The van der Waals surface area contributed by atoms with E-state index in [1.807, 2.05) is 51.1 Å². The SMILES string of the molecule is CCc1ccc([C@H]2CC(=O)Oc3c2c(=O)oc2c(C)c(C)cc(C)c32)cc1. The van der Waals surface area contributed by atoms with E-state index < -0.39 is 5.63 Å². The Balaban J connectivity index is 2.02. The lowest BCUT2D eigenvalue weighted by Crippen LogP contribution is -2.27. The maximum Gasteiger partial charge on any atom is 0.343 e. The van der Waals surface area contributed by atoms with Crippen molar-refractivity contribution in [3.05, 3.63) is 74.1 Å². The minimum atomic E-state index is -0.428. The highest BCUT2D eigenvalue weighted by Gasteiger charge is 2.34. The van der Waals surface area contributed by atoms with Crippen molar-refractivity contribution >= 4 is 16.9 Å². The summed E-state index contributed by atoms with van der Waals surface area (Å²) in [6, 6.07) is 10.1. The van der Waals surface area contributed by atoms with Crippen LogP contribution in [0.2, 0.25) is 0 Å². The second kappa shape index (κ2) is 6.38. The molecule has 1 aromatic heterocycles. The number of esters is 1. The molecular formula is C23H22O4. The zero-order valence-electron chi connectivity index (χ0n) is 16.0. The number of carbonyl (C=O) groups excluding carboxylic acids is 1. The zero-order valence-corrected chi connectivity index (χ0v) is 16.0. The molecule has 1 aliphatic rings. The number of hydrogen-bond donors (Lipinski definition) is 0. The maximum atomic E-state index is 12.9. The number of rotatable bonds is 2. The zero-order chi connectivity index (χ0) is 19.3. The molecule has 0 aliphatic carbocycles. The van der Waals surface area contributed by atoms with E-state index in [9.17, 15) is 9.59 Å². The number of hydrogen-bond acceptors (Lipinski definition) is 4. The van der Waals surface area contributed by atoms with Gasteiger partial charge in [0, 0.05) is 5.92 Å². The van der Waals surface area contributed by atoms with Gasteiger partial charge in [-0.2, -0.15) is 0 Å². The summed E-state index contributed by atoms with van der Waals surface area (Å²) in [5.41, 5.74) is 5.52. The lowest BCUT2D eigenvalue weighted by Gasteiger charge is -2.25. The Hall–Kier alpha value is -2.88. The van der Waals surface area contributed by atoms with E-state index >= 15 is 0 Å². The number of carbonyl (C=O) groups is 1. The molecule has 4 heteroatoms. The highest BCUT2D eigenvalue weighted by Crippen LogP contribution is 2.42. The molecule has 0 saturated heterocycles. The van der Waals surface area contributed by atoms with E-state index in [1.54, 1.807) is 0 Å². The smallest absolute Gasteiger partial charge is 0.343 e. The van der Waals surface area contributed by atoms with Gasteiger partial charge in [-0.1, -0.05) is 37.3 Å². The van der Waals surface area contributed by atoms with Crippen LogP contribution in [0.1, 0.15) is 52.6 Å². The lowest BCUT2D eigenvalue weighted by atomic mass is 9.85. The minimum Gasteiger partial charge on any atom is -0.425 e. The van der Waals surface area contributed by atoms with Crippen LogP contribution in [-0.4, -0.2) is 5.97 Å². The molecule has 0 fully saturated rings. The van der Waals surface area contributed by atoms with Gasteiger partial charge in [-0.05, 0) is 55.0 Å². The molecule has 1 atom stereocenters. The molecule has 1 aliphatic heterocycles. The van der Waals surface area contributed by atoms with E-state index in [0.717, 1.165) is 34.1 Å². The highest BCUT2D eigenvalue weighted by molar-refractivity contribution is 5.94. The van der Waals surface area contributed by atoms with Crippen LogP contribution in [0.25, 0.3) is 11.0 Å². The molecular weight excluding hydrogens is 340 g/mol. The molecule has 3 aromatic rings. The van der Waals surface area contributed by atoms with Crippen molar-refractivity contribution in [2.75, 3.05) is 0 Å². The number of aryl methyl sites for hydroxylation is 4. The summed E-state index contributed by atoms with van der Waals surface area (Å²) in [6.45, 7) is 7.93. The first-order valence-corrected chi connectivity index (χ1v) is 9.27. The summed E-state index contributed by atoms with van der Waals surface area (Å²) < 4.78 is 11.3. The van der Waals surface area contributed by atoms with Crippen LogP contribution in [0.5, 0.6) is 5.75 Å². The van der Waals surface area contributed by atoms with E-state index in [1.165, 1.54) is 5.56 Å². The van der Waals surface area contributed by atoms with Crippen LogP contribution in [0.3, 0.4) is 0 Å². The average Bonchev–Trinajstić information content (AvgIpc) is 2.65. The van der Waals surface area contributed by atoms with Crippen LogP contribution in [-0.2, 0) is 11.2 Å². The van der Waals surface area contributed by atoms with E-state index in [2.05, 4.69) is 6.92 Å². The van der Waals surface area contributed by atoms with Crippen molar-refractivity contribution in [3.8, 4) is 5.75 Å². The van der Waals surface area contributed by atoms with Crippen LogP contribution < -0.4 is 10.4 Å². The standard InChI is InChI=1S/C23H22O4/c1-5-15-6-8-16(9-7-15)17-11-18(24)26-22-19-13(3)10-12(2)14(4)21(19)27-23(25)20(17)22/h6-10,17H,5,11H2,1-4H3/t17-/m1/s1. The molecule has 0 N–H and O–H groups in total. The maximum absolute atomic E-state index is 12.9. The van der Waals surface area contributed by atoms with Gasteiger partial charge in [0.2, 0.25) is 0 Å². The molecule has 4 rings (SSSR count). The molecule has 0 saturated carbocycles. The van der Waals surface area contributed by atoms with Crippen molar-refractivity contribution < 1.29 is 13.9 Å². The highest BCUT2D eigenvalue weighted by atomic mass is 16.5. The fraction of sp³-hybridized carbons (Fsp3) is 0.304. The number of benzene rings is 2. The molecule has 4 nitrogen and oxygen atoms in total. The van der Waals surface area contributed by atoms with E-state index in [-0.39, 0.29) is 18.3 Å². The van der Waals surface area contributed by atoms with Gasteiger partial charge in [-0.25, -0.2) is 4.79 Å². The molecule has 0 bridgehead atoms. The number of ether oxygens (including phenoxy) is 1. The summed E-state index contributed by atoms with van der Waals surface area (Å²) in [4.78, 5) is 25.3. The Morgan fingerprint density at radius 1 is 1.04 bits per heavy atom. The fourth-order valence-corrected chi connectivity index (χ4v) is 3.94. The summed E-state index contributed by atoms with van der Waals surface area (Å²) in [5, 5.41) is 0.718. The van der Waals surface area contributed by atoms with Crippen molar-refractivity contribution in [3.63, 3.8) is 0 Å². The molecule has 0 unspecified atom stereocenters. The average molecular weight is 362 g/mol. The number of fused-ring (bicyclic) bond motifs is 3. The molecule has 2 heterocycles. The quantitative estimate of drug-likeness (QED) is 0.489. The molecule has 0 amide bonds. The largest absolute Gasteiger partial charge is 0.425 e. The van der Waals surface area contributed by atoms with E-state index in [0.29, 0.717) is 16.9 Å². The Kier molecular flexibility index (Phi) is 4.14. The van der Waals surface area contributed by atoms with Crippen LogP contribution >= 0.6 is 0 Å². The first-order valence-electron chi connectivity index (χ1n) is 9.27. The van der Waals surface area contributed by atoms with Crippen molar-refractivity contribution in [2.24, 2.45) is 0 Å². The Morgan fingerprint density at radius 3 is 2.41 bits per heavy atom.